The Balaban J connectivity index is 1.77. The van der Waals surface area contributed by atoms with Crippen LogP contribution in [0.2, 0.25) is 0 Å². The zero-order valence-corrected chi connectivity index (χ0v) is 15.9. The molecule has 0 saturated heterocycles. The number of ether oxygens (including phenoxy) is 3. The van der Waals surface area contributed by atoms with E-state index in [1.807, 2.05) is 36.4 Å². The Kier molecular flexibility index (Phi) is 5.79. The van der Waals surface area contributed by atoms with Gasteiger partial charge in [0.05, 0.1) is 14.2 Å². The van der Waals surface area contributed by atoms with Gasteiger partial charge < -0.3 is 19.5 Å². The number of carbonyl (C=O) groups excluding carboxylic acids is 2. The number of esters is 1. The molecule has 0 heterocycles. The van der Waals surface area contributed by atoms with E-state index in [-0.39, 0.29) is 5.56 Å². The molecule has 0 aromatic heterocycles. The Morgan fingerprint density at radius 3 is 2.14 bits per heavy atom. The van der Waals surface area contributed by atoms with Crippen molar-refractivity contribution in [1.29, 1.82) is 0 Å². The van der Waals surface area contributed by atoms with Crippen LogP contribution < -0.4 is 14.8 Å². The Labute approximate surface area is 163 Å². The summed E-state index contributed by atoms with van der Waals surface area (Å²) in [6.07, 6.45) is -1.01. The van der Waals surface area contributed by atoms with E-state index >= 15 is 0 Å². The molecule has 3 aromatic rings. The van der Waals surface area contributed by atoms with Crippen molar-refractivity contribution < 1.29 is 23.8 Å². The van der Waals surface area contributed by atoms with Gasteiger partial charge in [0, 0.05) is 11.1 Å². The molecule has 1 amide bonds. The normalized spacial score (nSPS) is 11.5. The number of hydrogen-bond acceptors (Lipinski definition) is 5. The van der Waals surface area contributed by atoms with Crippen molar-refractivity contribution in [3.8, 4) is 11.5 Å². The lowest BCUT2D eigenvalue weighted by molar-refractivity contribution is -0.123. The lowest BCUT2D eigenvalue weighted by atomic mass is 10.1. The van der Waals surface area contributed by atoms with Crippen molar-refractivity contribution in [2.24, 2.45) is 0 Å². The summed E-state index contributed by atoms with van der Waals surface area (Å²) in [6.45, 7) is 1.51. The Morgan fingerprint density at radius 2 is 1.46 bits per heavy atom. The van der Waals surface area contributed by atoms with E-state index in [1.54, 1.807) is 24.3 Å². The number of nitrogens with one attached hydrogen (secondary N) is 1. The van der Waals surface area contributed by atoms with Gasteiger partial charge in [-0.1, -0.05) is 42.5 Å². The average Bonchev–Trinajstić information content (AvgIpc) is 2.73. The van der Waals surface area contributed by atoms with Crippen LogP contribution in [0.5, 0.6) is 11.5 Å². The minimum Gasteiger partial charge on any atom is -0.496 e. The van der Waals surface area contributed by atoms with E-state index in [4.69, 9.17) is 14.2 Å². The molecule has 3 rings (SSSR count). The van der Waals surface area contributed by atoms with Gasteiger partial charge in [0.2, 0.25) is 0 Å². The first-order chi connectivity index (χ1) is 13.5. The van der Waals surface area contributed by atoms with Gasteiger partial charge >= 0.3 is 5.97 Å². The van der Waals surface area contributed by atoms with Gasteiger partial charge in [-0.2, -0.15) is 0 Å². The molecule has 6 heteroatoms. The molecule has 1 N–H and O–H groups in total. The van der Waals surface area contributed by atoms with Crippen LogP contribution >= 0.6 is 0 Å². The number of rotatable bonds is 6. The molecule has 0 fully saturated rings. The van der Waals surface area contributed by atoms with Crippen molar-refractivity contribution >= 4 is 28.3 Å². The highest BCUT2D eigenvalue weighted by Gasteiger charge is 2.25. The molecule has 1 atom stereocenters. The second kappa shape index (κ2) is 8.43. The molecule has 28 heavy (non-hydrogen) atoms. The highest BCUT2D eigenvalue weighted by Crippen LogP contribution is 2.29. The average molecular weight is 379 g/mol. The van der Waals surface area contributed by atoms with Gasteiger partial charge in [-0.05, 0) is 30.5 Å². The molecule has 0 radical (unpaired) electrons. The van der Waals surface area contributed by atoms with Crippen molar-refractivity contribution in [2.75, 3.05) is 19.5 Å². The van der Waals surface area contributed by atoms with E-state index in [1.165, 1.54) is 21.1 Å². The molecule has 6 nitrogen and oxygen atoms in total. The third kappa shape index (κ3) is 3.91. The minimum absolute atomic E-state index is 0.136. The van der Waals surface area contributed by atoms with Gasteiger partial charge in [0.25, 0.3) is 5.91 Å². The maximum atomic E-state index is 12.6. The third-order valence-electron chi connectivity index (χ3n) is 4.33. The van der Waals surface area contributed by atoms with E-state index < -0.39 is 18.0 Å². The largest absolute Gasteiger partial charge is 0.496 e. The SMILES string of the molecule is COc1cccc(OC)c1C(=O)O[C@@H](C)C(=O)Nc1cccc2ccccc12. The zero-order chi connectivity index (χ0) is 20.1. The Bertz CT molecular complexity index is 987. The van der Waals surface area contributed by atoms with Crippen molar-refractivity contribution in [3.05, 3.63) is 66.2 Å². The van der Waals surface area contributed by atoms with Gasteiger partial charge in [0.15, 0.2) is 6.10 Å². The molecule has 144 valence electrons. The molecular formula is C22H21NO5. The standard InChI is InChI=1S/C22H21NO5/c1-14(28-22(25)20-18(26-2)12-7-13-19(20)27-3)21(24)23-17-11-6-9-15-8-4-5-10-16(15)17/h4-14H,1-3H3,(H,23,24)/t14-/m0/s1. The van der Waals surface area contributed by atoms with Crippen LogP contribution in [0.3, 0.4) is 0 Å². The number of hydrogen-bond donors (Lipinski definition) is 1. The summed E-state index contributed by atoms with van der Waals surface area (Å²) >= 11 is 0. The fourth-order valence-electron chi connectivity index (χ4n) is 2.89. The van der Waals surface area contributed by atoms with E-state index in [0.29, 0.717) is 17.2 Å². The molecule has 0 saturated carbocycles. The van der Waals surface area contributed by atoms with Gasteiger partial charge in [-0.15, -0.1) is 0 Å². The van der Waals surface area contributed by atoms with E-state index in [2.05, 4.69) is 5.32 Å². The second-order valence-electron chi connectivity index (χ2n) is 6.10. The first kappa shape index (κ1) is 19.2. The number of carbonyl (C=O) groups is 2. The molecule has 0 aliphatic heterocycles. The summed E-state index contributed by atoms with van der Waals surface area (Å²) in [5.74, 6) is -0.509. The monoisotopic (exact) mass is 379 g/mol. The van der Waals surface area contributed by atoms with Crippen LogP contribution in [-0.2, 0) is 9.53 Å². The Morgan fingerprint density at radius 1 is 0.857 bits per heavy atom. The van der Waals surface area contributed by atoms with Crippen molar-refractivity contribution in [2.45, 2.75) is 13.0 Å². The fourth-order valence-corrected chi connectivity index (χ4v) is 2.89. The highest BCUT2D eigenvalue weighted by atomic mass is 16.6. The zero-order valence-electron chi connectivity index (χ0n) is 15.9. The summed E-state index contributed by atoms with van der Waals surface area (Å²) < 4.78 is 15.8. The Hall–Kier alpha value is -3.54. The van der Waals surface area contributed by atoms with Crippen LogP contribution in [0.15, 0.2) is 60.7 Å². The maximum absolute atomic E-state index is 12.6. The summed E-state index contributed by atoms with van der Waals surface area (Å²) in [6, 6.07) is 18.3. The van der Waals surface area contributed by atoms with E-state index in [0.717, 1.165) is 10.8 Å². The first-order valence-electron chi connectivity index (χ1n) is 8.75. The van der Waals surface area contributed by atoms with Crippen LogP contribution in [-0.4, -0.2) is 32.2 Å². The number of amides is 1. The molecule has 0 bridgehead atoms. The number of anilines is 1. The van der Waals surface area contributed by atoms with Crippen LogP contribution in [0.1, 0.15) is 17.3 Å². The summed E-state index contributed by atoms with van der Waals surface area (Å²) in [4.78, 5) is 25.2. The molecule has 0 aliphatic rings. The van der Waals surface area contributed by atoms with Crippen LogP contribution in [0, 0.1) is 0 Å². The van der Waals surface area contributed by atoms with E-state index in [9.17, 15) is 9.59 Å². The fraction of sp³-hybridized carbons (Fsp3) is 0.182. The predicted octanol–water partition coefficient (Wildman–Crippen LogP) is 4.04. The van der Waals surface area contributed by atoms with Gasteiger partial charge in [-0.3, -0.25) is 4.79 Å². The van der Waals surface area contributed by atoms with Crippen molar-refractivity contribution in [1.82, 2.24) is 0 Å². The topological polar surface area (TPSA) is 73.9 Å². The van der Waals surface area contributed by atoms with Crippen LogP contribution in [0.25, 0.3) is 10.8 Å². The maximum Gasteiger partial charge on any atom is 0.346 e. The lowest BCUT2D eigenvalue weighted by Crippen LogP contribution is -2.30. The summed E-state index contributed by atoms with van der Waals surface area (Å²) in [5, 5.41) is 4.73. The van der Waals surface area contributed by atoms with Crippen molar-refractivity contribution in [3.63, 3.8) is 0 Å². The number of benzene rings is 3. The first-order valence-corrected chi connectivity index (χ1v) is 8.75. The highest BCUT2D eigenvalue weighted by molar-refractivity contribution is 6.04. The molecule has 0 aliphatic carbocycles. The summed E-state index contributed by atoms with van der Waals surface area (Å²) in [5.41, 5.74) is 0.790. The quantitative estimate of drug-likeness (QED) is 0.654. The molecule has 3 aromatic carbocycles. The van der Waals surface area contributed by atoms with Crippen LogP contribution in [0.4, 0.5) is 5.69 Å². The molecular weight excluding hydrogens is 358 g/mol. The van der Waals surface area contributed by atoms with Gasteiger partial charge in [0.1, 0.15) is 17.1 Å². The predicted molar refractivity (Wildman–Crippen MR) is 107 cm³/mol. The number of methoxy groups -OCH3 is 2. The second-order valence-corrected chi connectivity index (χ2v) is 6.10. The van der Waals surface area contributed by atoms with Gasteiger partial charge in [-0.25, -0.2) is 4.79 Å². The summed E-state index contributed by atoms with van der Waals surface area (Å²) in [7, 11) is 2.89. The molecule has 0 spiro atoms. The molecule has 0 unspecified atom stereocenters. The number of fused-ring (bicyclic) bond motifs is 1. The lowest BCUT2D eigenvalue weighted by Gasteiger charge is -2.17. The smallest absolute Gasteiger partial charge is 0.346 e. The minimum atomic E-state index is -1.01. The third-order valence-corrected chi connectivity index (χ3v) is 4.33.